The Morgan fingerprint density at radius 1 is 1.59 bits per heavy atom. The van der Waals surface area contributed by atoms with Crippen LogP contribution in [0.15, 0.2) is 18.3 Å². The average molecular weight is 251 g/mol. The van der Waals surface area contributed by atoms with Crippen LogP contribution in [0.25, 0.3) is 0 Å². The van der Waals surface area contributed by atoms with Crippen LogP contribution in [0, 0.1) is 0 Å². The predicted octanol–water partition coefficient (Wildman–Crippen LogP) is 2.13. The Kier molecular flexibility index (Phi) is 4.68. The van der Waals surface area contributed by atoms with Gasteiger partial charge in [0.25, 0.3) is 0 Å². The molecular weight excluding hydrogens is 230 g/mol. The third kappa shape index (κ3) is 3.36. The van der Waals surface area contributed by atoms with Crippen molar-refractivity contribution in [2.24, 2.45) is 0 Å². The summed E-state index contributed by atoms with van der Waals surface area (Å²) >= 11 is 2.06. The second kappa shape index (κ2) is 6.26. The van der Waals surface area contributed by atoms with Crippen molar-refractivity contribution in [1.29, 1.82) is 0 Å². The van der Waals surface area contributed by atoms with Crippen molar-refractivity contribution < 1.29 is 0 Å². The lowest BCUT2D eigenvalue weighted by atomic mass is 10.2. The van der Waals surface area contributed by atoms with Crippen LogP contribution in [0.4, 0.5) is 5.82 Å². The van der Waals surface area contributed by atoms with E-state index >= 15 is 0 Å². The maximum Gasteiger partial charge on any atom is 0.133 e. The maximum absolute atomic E-state index is 4.57. The van der Waals surface area contributed by atoms with Gasteiger partial charge in [0.05, 0.1) is 0 Å². The van der Waals surface area contributed by atoms with Gasteiger partial charge in [0.15, 0.2) is 0 Å². The number of nitrogens with zero attached hydrogens (tertiary/aromatic N) is 2. The van der Waals surface area contributed by atoms with Gasteiger partial charge in [0.1, 0.15) is 5.82 Å². The molecule has 1 fully saturated rings. The normalized spacial score (nSPS) is 20.6. The first-order valence-electron chi connectivity index (χ1n) is 6.32. The van der Waals surface area contributed by atoms with Crippen molar-refractivity contribution in [3.63, 3.8) is 0 Å². The molecular formula is C13H21N3S. The zero-order valence-electron chi connectivity index (χ0n) is 10.6. The highest BCUT2D eigenvalue weighted by molar-refractivity contribution is 8.00. The molecule has 17 heavy (non-hydrogen) atoms. The lowest BCUT2D eigenvalue weighted by Crippen LogP contribution is -2.38. The molecule has 1 aliphatic heterocycles. The van der Waals surface area contributed by atoms with Gasteiger partial charge in [-0.25, -0.2) is 4.98 Å². The number of thioether (sulfide) groups is 1. The molecule has 0 saturated carbocycles. The second-order valence-electron chi connectivity index (χ2n) is 4.39. The number of hydrogen-bond donors (Lipinski definition) is 1. The van der Waals surface area contributed by atoms with Gasteiger partial charge >= 0.3 is 0 Å². The van der Waals surface area contributed by atoms with E-state index in [1.54, 1.807) is 0 Å². The van der Waals surface area contributed by atoms with Gasteiger partial charge in [-0.05, 0) is 12.6 Å². The summed E-state index contributed by atoms with van der Waals surface area (Å²) < 4.78 is 0. The van der Waals surface area contributed by atoms with E-state index < -0.39 is 0 Å². The molecule has 0 aromatic carbocycles. The first-order chi connectivity index (χ1) is 8.31. The second-order valence-corrected chi connectivity index (χ2v) is 5.94. The Hall–Kier alpha value is -0.740. The lowest BCUT2D eigenvalue weighted by Gasteiger charge is -2.32. The SMILES string of the molecule is CCNCc1cccnc1N1CCSC(C)C1. The molecule has 1 saturated heterocycles. The average Bonchev–Trinajstić information content (AvgIpc) is 2.37. The van der Waals surface area contributed by atoms with Crippen LogP contribution in [0.2, 0.25) is 0 Å². The number of aromatic nitrogens is 1. The molecule has 1 N–H and O–H groups in total. The molecule has 94 valence electrons. The molecule has 0 radical (unpaired) electrons. The van der Waals surface area contributed by atoms with E-state index in [0.717, 1.165) is 26.2 Å². The van der Waals surface area contributed by atoms with E-state index in [0.29, 0.717) is 5.25 Å². The largest absolute Gasteiger partial charge is 0.354 e. The topological polar surface area (TPSA) is 28.2 Å². The van der Waals surface area contributed by atoms with E-state index in [4.69, 9.17) is 0 Å². The fourth-order valence-electron chi connectivity index (χ4n) is 2.12. The van der Waals surface area contributed by atoms with Gasteiger partial charge in [-0.2, -0.15) is 11.8 Å². The Morgan fingerprint density at radius 2 is 2.47 bits per heavy atom. The van der Waals surface area contributed by atoms with E-state index in [1.165, 1.54) is 17.1 Å². The first-order valence-corrected chi connectivity index (χ1v) is 7.37. The highest BCUT2D eigenvalue weighted by Gasteiger charge is 2.19. The summed E-state index contributed by atoms with van der Waals surface area (Å²) in [4.78, 5) is 6.99. The van der Waals surface area contributed by atoms with Gasteiger partial charge in [0, 0.05) is 42.4 Å². The minimum Gasteiger partial charge on any atom is -0.354 e. The van der Waals surface area contributed by atoms with Crippen LogP contribution in [-0.2, 0) is 6.54 Å². The van der Waals surface area contributed by atoms with Crippen LogP contribution >= 0.6 is 11.8 Å². The Labute approximate surface area is 108 Å². The van der Waals surface area contributed by atoms with Crippen molar-refractivity contribution >= 4 is 17.6 Å². The van der Waals surface area contributed by atoms with Crippen LogP contribution in [-0.4, -0.2) is 35.6 Å². The van der Waals surface area contributed by atoms with Crippen molar-refractivity contribution in [2.45, 2.75) is 25.6 Å². The molecule has 0 amide bonds. The number of rotatable bonds is 4. The zero-order valence-corrected chi connectivity index (χ0v) is 11.5. The molecule has 1 atom stereocenters. The zero-order chi connectivity index (χ0) is 12.1. The highest BCUT2D eigenvalue weighted by atomic mass is 32.2. The molecule has 3 nitrogen and oxygen atoms in total. The van der Waals surface area contributed by atoms with Crippen LogP contribution in [0.3, 0.4) is 0 Å². The van der Waals surface area contributed by atoms with Crippen molar-refractivity contribution in [1.82, 2.24) is 10.3 Å². The summed E-state index contributed by atoms with van der Waals surface area (Å²) in [5.41, 5.74) is 1.31. The first kappa shape index (κ1) is 12.7. The Bertz CT molecular complexity index is 356. The summed E-state index contributed by atoms with van der Waals surface area (Å²) in [6.07, 6.45) is 1.90. The molecule has 1 aromatic rings. The maximum atomic E-state index is 4.57. The van der Waals surface area contributed by atoms with Crippen molar-refractivity contribution in [3.8, 4) is 0 Å². The summed E-state index contributed by atoms with van der Waals surface area (Å²) in [6.45, 7) is 8.57. The summed E-state index contributed by atoms with van der Waals surface area (Å²) in [5.74, 6) is 2.37. The fraction of sp³-hybridized carbons (Fsp3) is 0.615. The summed E-state index contributed by atoms with van der Waals surface area (Å²) in [5, 5.41) is 4.09. The lowest BCUT2D eigenvalue weighted by molar-refractivity contribution is 0.708. The standard InChI is InChI=1S/C13H21N3S/c1-3-14-9-12-5-4-6-15-13(12)16-7-8-17-11(2)10-16/h4-6,11,14H,3,7-10H2,1-2H3. The Morgan fingerprint density at radius 3 is 3.24 bits per heavy atom. The molecule has 2 heterocycles. The van der Waals surface area contributed by atoms with Crippen molar-refractivity contribution in [2.75, 3.05) is 30.3 Å². The number of pyridine rings is 1. The number of hydrogen-bond acceptors (Lipinski definition) is 4. The monoisotopic (exact) mass is 251 g/mol. The minimum absolute atomic E-state index is 0.706. The van der Waals surface area contributed by atoms with E-state index in [2.05, 4.69) is 46.9 Å². The highest BCUT2D eigenvalue weighted by Crippen LogP contribution is 2.24. The Balaban J connectivity index is 2.12. The van der Waals surface area contributed by atoms with E-state index in [-0.39, 0.29) is 0 Å². The molecule has 0 spiro atoms. The third-order valence-electron chi connectivity index (χ3n) is 2.97. The summed E-state index contributed by atoms with van der Waals surface area (Å²) in [7, 11) is 0. The van der Waals surface area contributed by atoms with Crippen molar-refractivity contribution in [3.05, 3.63) is 23.9 Å². The molecule has 1 aliphatic rings. The van der Waals surface area contributed by atoms with Gasteiger partial charge in [0.2, 0.25) is 0 Å². The predicted molar refractivity (Wildman–Crippen MR) is 75.8 cm³/mol. The van der Waals surface area contributed by atoms with Crippen LogP contribution in [0.1, 0.15) is 19.4 Å². The quantitative estimate of drug-likeness (QED) is 0.887. The smallest absolute Gasteiger partial charge is 0.133 e. The molecule has 1 unspecified atom stereocenters. The molecule has 0 bridgehead atoms. The third-order valence-corrected chi connectivity index (χ3v) is 4.11. The van der Waals surface area contributed by atoms with Crippen LogP contribution < -0.4 is 10.2 Å². The van der Waals surface area contributed by atoms with Gasteiger partial charge < -0.3 is 10.2 Å². The van der Waals surface area contributed by atoms with E-state index in [1.807, 2.05) is 12.3 Å². The number of anilines is 1. The molecule has 1 aromatic heterocycles. The minimum atomic E-state index is 0.706. The van der Waals surface area contributed by atoms with Gasteiger partial charge in [-0.1, -0.05) is 19.9 Å². The summed E-state index contributed by atoms with van der Waals surface area (Å²) in [6, 6.07) is 4.20. The van der Waals surface area contributed by atoms with Crippen LogP contribution in [0.5, 0.6) is 0 Å². The molecule has 0 aliphatic carbocycles. The van der Waals surface area contributed by atoms with E-state index in [9.17, 15) is 0 Å². The molecule has 2 rings (SSSR count). The molecule has 4 heteroatoms. The van der Waals surface area contributed by atoms with Gasteiger partial charge in [-0.15, -0.1) is 0 Å². The number of nitrogens with one attached hydrogen (secondary N) is 1. The fourth-order valence-corrected chi connectivity index (χ4v) is 3.14. The van der Waals surface area contributed by atoms with Gasteiger partial charge in [-0.3, -0.25) is 0 Å².